The first-order chi connectivity index (χ1) is 5.13. The highest BCUT2D eigenvalue weighted by Crippen LogP contribution is 2.28. The Balaban J connectivity index is 3.17. The Bertz CT molecular complexity index is 258. The average molecular weight is 153 g/mol. The first kappa shape index (κ1) is 7.88. The van der Waals surface area contributed by atoms with Crippen LogP contribution < -0.4 is 5.73 Å². The van der Waals surface area contributed by atoms with Crippen LogP contribution in [0.25, 0.3) is 0 Å². The summed E-state index contributed by atoms with van der Waals surface area (Å²) in [6, 6.07) is 4.91. The van der Waals surface area contributed by atoms with E-state index in [0.29, 0.717) is 11.3 Å². The highest BCUT2D eigenvalue weighted by molar-refractivity contribution is 5.56. The molecule has 0 aliphatic rings. The summed E-state index contributed by atoms with van der Waals surface area (Å²) in [4.78, 5) is 0. The molecule has 1 aromatic rings. The molecule has 0 saturated heterocycles. The fourth-order valence-corrected chi connectivity index (χ4v) is 0.917. The van der Waals surface area contributed by atoms with Gasteiger partial charge < -0.3 is 15.9 Å². The van der Waals surface area contributed by atoms with Crippen molar-refractivity contribution in [2.45, 2.75) is 13.0 Å². The molecule has 0 heterocycles. The lowest BCUT2D eigenvalue weighted by Crippen LogP contribution is -1.94. The number of phenolic OH excluding ortho intramolecular Hbond substituents is 1. The van der Waals surface area contributed by atoms with E-state index in [9.17, 15) is 5.11 Å². The Morgan fingerprint density at radius 2 is 2.09 bits per heavy atom. The Hall–Kier alpha value is -1.22. The predicted molar refractivity (Wildman–Crippen MR) is 43.2 cm³/mol. The number of aliphatic hydroxyl groups excluding tert-OH is 1. The number of aromatic hydroxyl groups is 1. The Kier molecular flexibility index (Phi) is 2.01. The molecule has 1 atom stereocenters. The highest BCUT2D eigenvalue weighted by Gasteiger charge is 2.07. The summed E-state index contributed by atoms with van der Waals surface area (Å²) in [7, 11) is 0. The van der Waals surface area contributed by atoms with Crippen LogP contribution in [0, 0.1) is 0 Å². The Morgan fingerprint density at radius 3 is 2.55 bits per heavy atom. The van der Waals surface area contributed by atoms with Crippen molar-refractivity contribution in [3.63, 3.8) is 0 Å². The molecule has 0 bridgehead atoms. The topological polar surface area (TPSA) is 66.5 Å². The Labute approximate surface area is 65.1 Å². The number of nitrogen functional groups attached to an aromatic ring is 1. The molecule has 0 aliphatic heterocycles. The second-order valence-electron chi connectivity index (χ2n) is 2.46. The number of anilines is 1. The monoisotopic (exact) mass is 153 g/mol. The van der Waals surface area contributed by atoms with Crippen molar-refractivity contribution in [1.29, 1.82) is 0 Å². The van der Waals surface area contributed by atoms with Crippen molar-refractivity contribution in [2.75, 3.05) is 5.73 Å². The summed E-state index contributed by atoms with van der Waals surface area (Å²) in [6.45, 7) is 1.58. The number of phenols is 1. The van der Waals surface area contributed by atoms with Crippen LogP contribution in [0.2, 0.25) is 0 Å². The third-order valence-electron chi connectivity index (χ3n) is 1.55. The molecule has 0 amide bonds. The van der Waals surface area contributed by atoms with E-state index < -0.39 is 6.10 Å². The normalized spacial score (nSPS) is 12.9. The van der Waals surface area contributed by atoms with Gasteiger partial charge in [-0.25, -0.2) is 0 Å². The minimum absolute atomic E-state index is 0.0255. The maximum Gasteiger partial charge on any atom is 0.144 e. The van der Waals surface area contributed by atoms with Gasteiger partial charge in [-0.2, -0.15) is 0 Å². The zero-order valence-corrected chi connectivity index (χ0v) is 6.28. The molecule has 0 aliphatic carbocycles. The lowest BCUT2D eigenvalue weighted by atomic mass is 10.1. The molecule has 0 fully saturated rings. The fourth-order valence-electron chi connectivity index (χ4n) is 0.917. The summed E-state index contributed by atoms with van der Waals surface area (Å²) in [6.07, 6.45) is -0.682. The fraction of sp³-hybridized carbons (Fsp3) is 0.250. The molecular weight excluding hydrogens is 142 g/mol. The van der Waals surface area contributed by atoms with E-state index in [0.717, 1.165) is 0 Å². The molecule has 4 N–H and O–H groups in total. The molecule has 0 radical (unpaired) electrons. The summed E-state index contributed by atoms with van der Waals surface area (Å²) in [5.41, 5.74) is 6.16. The van der Waals surface area contributed by atoms with Crippen LogP contribution in [-0.4, -0.2) is 10.2 Å². The van der Waals surface area contributed by atoms with E-state index in [1.807, 2.05) is 0 Å². The third kappa shape index (κ3) is 1.43. The van der Waals surface area contributed by atoms with Crippen molar-refractivity contribution in [1.82, 2.24) is 0 Å². The number of nitrogens with two attached hydrogens (primary N) is 1. The maximum absolute atomic E-state index is 9.28. The van der Waals surface area contributed by atoms with Crippen molar-refractivity contribution in [3.8, 4) is 5.75 Å². The van der Waals surface area contributed by atoms with Gasteiger partial charge in [-0.15, -0.1) is 0 Å². The summed E-state index contributed by atoms with van der Waals surface area (Å²) in [5, 5.41) is 18.4. The average Bonchev–Trinajstić information content (AvgIpc) is 1.94. The van der Waals surface area contributed by atoms with Gasteiger partial charge in [0.1, 0.15) is 5.75 Å². The van der Waals surface area contributed by atoms with Gasteiger partial charge in [-0.3, -0.25) is 0 Å². The molecule has 0 spiro atoms. The number of benzene rings is 1. The van der Waals surface area contributed by atoms with Crippen LogP contribution >= 0.6 is 0 Å². The van der Waals surface area contributed by atoms with Crippen LogP contribution in [0.3, 0.4) is 0 Å². The smallest absolute Gasteiger partial charge is 0.144 e. The van der Waals surface area contributed by atoms with E-state index in [4.69, 9.17) is 10.8 Å². The van der Waals surface area contributed by atoms with Gasteiger partial charge in [-0.05, 0) is 13.0 Å². The molecule has 1 unspecified atom stereocenters. The summed E-state index contributed by atoms with van der Waals surface area (Å²) >= 11 is 0. The second kappa shape index (κ2) is 2.80. The van der Waals surface area contributed by atoms with E-state index in [2.05, 4.69) is 0 Å². The first-order valence-corrected chi connectivity index (χ1v) is 3.38. The van der Waals surface area contributed by atoms with E-state index >= 15 is 0 Å². The molecule has 60 valence electrons. The number of para-hydroxylation sites is 1. The number of rotatable bonds is 1. The molecule has 3 heteroatoms. The molecular formula is C8H11NO2. The number of hydrogen-bond donors (Lipinski definition) is 3. The molecule has 1 aromatic carbocycles. The quantitative estimate of drug-likeness (QED) is 0.417. The van der Waals surface area contributed by atoms with Gasteiger partial charge in [0.15, 0.2) is 0 Å². The van der Waals surface area contributed by atoms with Gasteiger partial charge in [0.25, 0.3) is 0 Å². The minimum atomic E-state index is -0.682. The maximum atomic E-state index is 9.28. The van der Waals surface area contributed by atoms with Crippen LogP contribution in [0.15, 0.2) is 18.2 Å². The van der Waals surface area contributed by atoms with Gasteiger partial charge in [-0.1, -0.05) is 12.1 Å². The minimum Gasteiger partial charge on any atom is -0.505 e. The highest BCUT2D eigenvalue weighted by atomic mass is 16.3. The van der Waals surface area contributed by atoms with Crippen molar-refractivity contribution in [3.05, 3.63) is 23.8 Å². The zero-order chi connectivity index (χ0) is 8.43. The zero-order valence-electron chi connectivity index (χ0n) is 6.28. The molecule has 0 aromatic heterocycles. The number of aliphatic hydroxyl groups is 1. The molecule has 0 saturated carbocycles. The summed E-state index contributed by atoms with van der Waals surface area (Å²) in [5.74, 6) is -0.0255. The largest absolute Gasteiger partial charge is 0.505 e. The SMILES string of the molecule is CC(O)c1cccc(N)c1O. The predicted octanol–water partition coefficient (Wildman–Crippen LogP) is 1.03. The Morgan fingerprint density at radius 1 is 1.45 bits per heavy atom. The lowest BCUT2D eigenvalue weighted by molar-refractivity contribution is 0.195. The van der Waals surface area contributed by atoms with Crippen LogP contribution in [0.4, 0.5) is 5.69 Å². The van der Waals surface area contributed by atoms with Crippen LogP contribution in [0.1, 0.15) is 18.6 Å². The third-order valence-corrected chi connectivity index (χ3v) is 1.55. The van der Waals surface area contributed by atoms with E-state index in [1.54, 1.807) is 25.1 Å². The van der Waals surface area contributed by atoms with Gasteiger partial charge in [0, 0.05) is 5.56 Å². The van der Waals surface area contributed by atoms with Crippen LogP contribution in [-0.2, 0) is 0 Å². The molecule has 3 nitrogen and oxygen atoms in total. The molecule has 11 heavy (non-hydrogen) atoms. The van der Waals surface area contributed by atoms with Gasteiger partial charge in [0.2, 0.25) is 0 Å². The van der Waals surface area contributed by atoms with Crippen molar-refractivity contribution < 1.29 is 10.2 Å². The van der Waals surface area contributed by atoms with Gasteiger partial charge >= 0.3 is 0 Å². The standard InChI is InChI=1S/C8H11NO2/c1-5(10)6-3-2-4-7(9)8(6)11/h2-5,10-11H,9H2,1H3. The lowest BCUT2D eigenvalue weighted by Gasteiger charge is -2.08. The van der Waals surface area contributed by atoms with Crippen molar-refractivity contribution in [2.24, 2.45) is 0 Å². The number of hydrogen-bond acceptors (Lipinski definition) is 3. The van der Waals surface area contributed by atoms with E-state index in [-0.39, 0.29) is 5.75 Å². The van der Waals surface area contributed by atoms with Crippen molar-refractivity contribution >= 4 is 5.69 Å². The van der Waals surface area contributed by atoms with Crippen LogP contribution in [0.5, 0.6) is 5.75 Å². The second-order valence-corrected chi connectivity index (χ2v) is 2.46. The van der Waals surface area contributed by atoms with E-state index in [1.165, 1.54) is 0 Å². The molecule has 1 rings (SSSR count). The van der Waals surface area contributed by atoms with Gasteiger partial charge in [0.05, 0.1) is 11.8 Å². The summed E-state index contributed by atoms with van der Waals surface area (Å²) < 4.78 is 0. The first-order valence-electron chi connectivity index (χ1n) is 3.38.